The highest BCUT2D eigenvalue weighted by atomic mass is 35.5. The molecule has 2 N–H and O–H groups in total. The van der Waals surface area contributed by atoms with Gasteiger partial charge in [0.15, 0.2) is 0 Å². The van der Waals surface area contributed by atoms with E-state index in [-0.39, 0.29) is 12.5 Å². The summed E-state index contributed by atoms with van der Waals surface area (Å²) >= 11 is 5.82. The lowest BCUT2D eigenvalue weighted by Crippen LogP contribution is -2.33. The van der Waals surface area contributed by atoms with Crippen molar-refractivity contribution in [2.75, 3.05) is 13.7 Å². The number of carbonyl (C=O) groups excluding carboxylic acids is 1. The van der Waals surface area contributed by atoms with E-state index in [1.165, 1.54) is 0 Å². The first kappa shape index (κ1) is 16.3. The van der Waals surface area contributed by atoms with Crippen LogP contribution in [0.4, 0.5) is 0 Å². The van der Waals surface area contributed by atoms with Crippen LogP contribution < -0.4 is 15.4 Å². The first-order chi connectivity index (χ1) is 10.7. The third-order valence-electron chi connectivity index (χ3n) is 3.20. The number of hydrogen-bond acceptors (Lipinski definition) is 3. The Balaban J connectivity index is 1.72. The molecule has 116 valence electrons. The molecule has 0 unspecified atom stereocenters. The summed E-state index contributed by atoms with van der Waals surface area (Å²) in [7, 11) is 1.64. The van der Waals surface area contributed by atoms with Gasteiger partial charge in [-0.15, -0.1) is 0 Å². The molecular weight excluding hydrogens is 300 g/mol. The van der Waals surface area contributed by atoms with Crippen LogP contribution in [0.2, 0.25) is 5.02 Å². The maximum atomic E-state index is 11.8. The SMILES string of the molecule is COc1ccccc1CNCC(=O)NCc1ccc(Cl)cc1. The van der Waals surface area contributed by atoms with Crippen LogP contribution in [-0.4, -0.2) is 19.6 Å². The molecule has 22 heavy (non-hydrogen) atoms. The molecule has 0 aliphatic rings. The van der Waals surface area contributed by atoms with Crippen LogP contribution in [0.5, 0.6) is 5.75 Å². The van der Waals surface area contributed by atoms with E-state index in [2.05, 4.69) is 10.6 Å². The largest absolute Gasteiger partial charge is 0.496 e. The number of methoxy groups -OCH3 is 1. The Bertz CT molecular complexity index is 614. The van der Waals surface area contributed by atoms with Gasteiger partial charge in [0.2, 0.25) is 5.91 Å². The number of rotatable bonds is 7. The average Bonchev–Trinajstić information content (AvgIpc) is 2.55. The van der Waals surface area contributed by atoms with Gasteiger partial charge in [0, 0.05) is 23.7 Å². The molecular formula is C17H19ClN2O2. The highest BCUT2D eigenvalue weighted by Gasteiger charge is 2.04. The van der Waals surface area contributed by atoms with Gasteiger partial charge in [0.25, 0.3) is 0 Å². The zero-order valence-corrected chi connectivity index (χ0v) is 13.2. The van der Waals surface area contributed by atoms with Gasteiger partial charge in [-0.2, -0.15) is 0 Å². The average molecular weight is 319 g/mol. The fraction of sp³-hybridized carbons (Fsp3) is 0.235. The Hall–Kier alpha value is -2.04. The Labute approximate surface area is 135 Å². The minimum Gasteiger partial charge on any atom is -0.496 e. The standard InChI is InChI=1S/C17H19ClN2O2/c1-22-16-5-3-2-4-14(16)11-19-12-17(21)20-10-13-6-8-15(18)9-7-13/h2-9,19H,10-12H2,1H3,(H,20,21). The topological polar surface area (TPSA) is 50.4 Å². The van der Waals surface area contributed by atoms with E-state index in [0.717, 1.165) is 16.9 Å². The second-order valence-corrected chi connectivity index (χ2v) is 5.26. The molecule has 2 aromatic carbocycles. The molecule has 0 fully saturated rings. The molecule has 0 heterocycles. The zero-order valence-electron chi connectivity index (χ0n) is 12.4. The van der Waals surface area contributed by atoms with E-state index in [0.29, 0.717) is 18.1 Å². The van der Waals surface area contributed by atoms with Crippen molar-refractivity contribution in [2.45, 2.75) is 13.1 Å². The number of benzene rings is 2. The molecule has 4 nitrogen and oxygen atoms in total. The third-order valence-corrected chi connectivity index (χ3v) is 3.45. The van der Waals surface area contributed by atoms with Gasteiger partial charge in [0.05, 0.1) is 13.7 Å². The molecule has 0 aromatic heterocycles. The Morgan fingerprint density at radius 2 is 1.82 bits per heavy atom. The Morgan fingerprint density at radius 3 is 2.55 bits per heavy atom. The first-order valence-corrected chi connectivity index (χ1v) is 7.40. The summed E-state index contributed by atoms with van der Waals surface area (Å²) in [6.45, 7) is 1.33. The molecule has 0 aliphatic carbocycles. The summed E-state index contributed by atoms with van der Waals surface area (Å²) in [4.78, 5) is 11.8. The molecule has 0 bridgehead atoms. The molecule has 5 heteroatoms. The van der Waals surface area contributed by atoms with Gasteiger partial charge in [-0.1, -0.05) is 41.9 Å². The summed E-state index contributed by atoms with van der Waals surface area (Å²) in [5.74, 6) is 0.765. The number of para-hydroxylation sites is 1. The van der Waals surface area contributed by atoms with Gasteiger partial charge < -0.3 is 15.4 Å². The quantitative estimate of drug-likeness (QED) is 0.825. The van der Waals surface area contributed by atoms with Crippen LogP contribution in [0.25, 0.3) is 0 Å². The summed E-state index contributed by atoms with van der Waals surface area (Å²) < 4.78 is 5.27. The lowest BCUT2D eigenvalue weighted by Gasteiger charge is -2.10. The van der Waals surface area contributed by atoms with Crippen molar-refractivity contribution in [2.24, 2.45) is 0 Å². The normalized spacial score (nSPS) is 10.3. The number of carbonyl (C=O) groups is 1. The maximum absolute atomic E-state index is 11.8. The van der Waals surface area contributed by atoms with Crippen molar-refractivity contribution in [3.05, 3.63) is 64.7 Å². The zero-order chi connectivity index (χ0) is 15.8. The summed E-state index contributed by atoms with van der Waals surface area (Å²) in [6, 6.07) is 15.1. The number of amides is 1. The molecule has 2 rings (SSSR count). The van der Waals surface area contributed by atoms with Gasteiger partial charge in [0.1, 0.15) is 5.75 Å². The van der Waals surface area contributed by atoms with Crippen molar-refractivity contribution < 1.29 is 9.53 Å². The molecule has 1 amide bonds. The van der Waals surface area contributed by atoms with E-state index in [1.807, 2.05) is 48.5 Å². The molecule has 0 atom stereocenters. The molecule has 2 aromatic rings. The first-order valence-electron chi connectivity index (χ1n) is 7.03. The van der Waals surface area contributed by atoms with Crippen LogP contribution in [0.1, 0.15) is 11.1 Å². The maximum Gasteiger partial charge on any atom is 0.234 e. The second kappa shape index (κ2) is 8.41. The predicted octanol–water partition coefficient (Wildman–Crippen LogP) is 2.75. The van der Waals surface area contributed by atoms with Crippen LogP contribution in [0, 0.1) is 0 Å². The Morgan fingerprint density at radius 1 is 1.09 bits per heavy atom. The lowest BCUT2D eigenvalue weighted by molar-refractivity contribution is -0.120. The van der Waals surface area contributed by atoms with Crippen molar-refractivity contribution in [3.63, 3.8) is 0 Å². The monoisotopic (exact) mass is 318 g/mol. The van der Waals surface area contributed by atoms with Crippen molar-refractivity contribution >= 4 is 17.5 Å². The van der Waals surface area contributed by atoms with Gasteiger partial charge in [-0.3, -0.25) is 4.79 Å². The molecule has 0 saturated heterocycles. The van der Waals surface area contributed by atoms with Crippen molar-refractivity contribution in [1.82, 2.24) is 10.6 Å². The number of hydrogen-bond donors (Lipinski definition) is 2. The number of ether oxygens (including phenoxy) is 1. The fourth-order valence-corrected chi connectivity index (χ4v) is 2.15. The van der Waals surface area contributed by atoms with Crippen molar-refractivity contribution in [1.29, 1.82) is 0 Å². The smallest absolute Gasteiger partial charge is 0.234 e. The summed E-state index contributed by atoms with van der Waals surface area (Å²) in [5, 5.41) is 6.65. The predicted molar refractivity (Wildman–Crippen MR) is 88.0 cm³/mol. The second-order valence-electron chi connectivity index (χ2n) is 4.82. The molecule has 0 aliphatic heterocycles. The summed E-state index contributed by atoms with van der Waals surface area (Å²) in [6.07, 6.45) is 0. The van der Waals surface area contributed by atoms with Crippen LogP contribution >= 0.6 is 11.6 Å². The molecule has 0 spiro atoms. The van der Waals surface area contributed by atoms with E-state index in [9.17, 15) is 4.79 Å². The highest BCUT2D eigenvalue weighted by molar-refractivity contribution is 6.30. The van der Waals surface area contributed by atoms with E-state index in [4.69, 9.17) is 16.3 Å². The van der Waals surface area contributed by atoms with Crippen LogP contribution in [0.15, 0.2) is 48.5 Å². The van der Waals surface area contributed by atoms with Crippen LogP contribution in [0.3, 0.4) is 0 Å². The fourth-order valence-electron chi connectivity index (χ4n) is 2.03. The molecule has 0 saturated carbocycles. The highest BCUT2D eigenvalue weighted by Crippen LogP contribution is 2.16. The number of nitrogens with one attached hydrogen (secondary N) is 2. The van der Waals surface area contributed by atoms with E-state index < -0.39 is 0 Å². The minimum absolute atomic E-state index is 0.0511. The van der Waals surface area contributed by atoms with Crippen LogP contribution in [-0.2, 0) is 17.9 Å². The Kier molecular flexibility index (Phi) is 6.25. The third kappa shape index (κ3) is 5.06. The number of halogens is 1. The molecule has 0 radical (unpaired) electrons. The van der Waals surface area contributed by atoms with Gasteiger partial charge >= 0.3 is 0 Å². The van der Waals surface area contributed by atoms with E-state index >= 15 is 0 Å². The lowest BCUT2D eigenvalue weighted by atomic mass is 10.2. The van der Waals surface area contributed by atoms with Crippen molar-refractivity contribution in [3.8, 4) is 5.75 Å². The van der Waals surface area contributed by atoms with E-state index in [1.54, 1.807) is 7.11 Å². The van der Waals surface area contributed by atoms with Gasteiger partial charge in [-0.25, -0.2) is 0 Å². The van der Waals surface area contributed by atoms with Gasteiger partial charge in [-0.05, 0) is 23.8 Å². The minimum atomic E-state index is -0.0511. The summed E-state index contributed by atoms with van der Waals surface area (Å²) in [5.41, 5.74) is 2.04.